The zero-order valence-electron chi connectivity index (χ0n) is 11.7. The molecule has 0 aromatic heterocycles. The molecule has 0 amide bonds. The maximum atomic E-state index is 9.55. The van der Waals surface area contributed by atoms with Crippen molar-refractivity contribution in [1.29, 1.82) is 0 Å². The van der Waals surface area contributed by atoms with Gasteiger partial charge in [-0.1, -0.05) is 39.8 Å². The Kier molecular flexibility index (Phi) is 3.64. The lowest BCUT2D eigenvalue weighted by atomic mass is 9.93. The molecule has 0 aliphatic carbocycles. The third kappa shape index (κ3) is 2.68. The fraction of sp³-hybridized carbons (Fsp3) is 0.600. The average molecular weight is 249 g/mol. The summed E-state index contributed by atoms with van der Waals surface area (Å²) in [5.74, 6) is 0.304. The van der Waals surface area contributed by atoms with E-state index in [1.165, 1.54) is 0 Å². The molecule has 1 aliphatic rings. The molecule has 1 saturated heterocycles. The van der Waals surface area contributed by atoms with Crippen molar-refractivity contribution in [2.75, 3.05) is 13.1 Å². The zero-order chi connectivity index (χ0) is 13.3. The van der Waals surface area contributed by atoms with E-state index in [1.54, 1.807) is 12.1 Å². The maximum Gasteiger partial charge on any atom is 0.116 e. The largest absolute Gasteiger partial charge is 0.508 e. The van der Waals surface area contributed by atoms with Gasteiger partial charge in [-0.05, 0) is 24.2 Å². The van der Waals surface area contributed by atoms with E-state index in [2.05, 4.69) is 32.6 Å². The van der Waals surface area contributed by atoms with Gasteiger partial charge in [0.25, 0.3) is 0 Å². The van der Waals surface area contributed by atoms with Crippen LogP contribution in [0.1, 0.15) is 39.4 Å². The van der Waals surface area contributed by atoms with Gasteiger partial charge >= 0.3 is 0 Å². The van der Waals surface area contributed by atoms with E-state index in [9.17, 15) is 5.11 Å². The number of aromatic hydroxyl groups is 1. The molecule has 1 aromatic carbocycles. The fourth-order valence-corrected chi connectivity index (χ4v) is 2.55. The Bertz CT molecular complexity index is 411. The van der Waals surface area contributed by atoms with Gasteiger partial charge in [0.2, 0.25) is 0 Å². The fourth-order valence-electron chi connectivity index (χ4n) is 2.55. The second kappa shape index (κ2) is 4.90. The van der Waals surface area contributed by atoms with E-state index in [4.69, 9.17) is 4.74 Å². The van der Waals surface area contributed by atoms with Crippen LogP contribution in [0, 0.1) is 5.41 Å². The highest BCUT2D eigenvalue weighted by Crippen LogP contribution is 2.37. The summed E-state index contributed by atoms with van der Waals surface area (Å²) in [5, 5.41) is 9.55. The summed E-state index contributed by atoms with van der Waals surface area (Å²) in [5.41, 5.74) is 1.15. The number of hydrogen-bond acceptors (Lipinski definition) is 3. The predicted octanol–water partition coefficient (Wildman–Crippen LogP) is 3.16. The van der Waals surface area contributed by atoms with Crippen molar-refractivity contribution in [2.24, 2.45) is 5.41 Å². The zero-order valence-corrected chi connectivity index (χ0v) is 11.7. The lowest BCUT2D eigenvalue weighted by Gasteiger charge is -2.32. The number of benzene rings is 1. The molecular weight excluding hydrogens is 226 g/mol. The van der Waals surface area contributed by atoms with Gasteiger partial charge in [-0.15, -0.1) is 0 Å². The lowest BCUT2D eigenvalue weighted by molar-refractivity contribution is -0.0678. The molecule has 0 bridgehead atoms. The number of phenolic OH excluding ortho intramolecular Hbond substituents is 1. The summed E-state index contributed by atoms with van der Waals surface area (Å²) >= 11 is 0. The van der Waals surface area contributed by atoms with Crippen molar-refractivity contribution in [2.45, 2.75) is 40.0 Å². The molecule has 100 valence electrons. The third-order valence-corrected chi connectivity index (χ3v) is 3.41. The topological polar surface area (TPSA) is 32.7 Å². The summed E-state index contributed by atoms with van der Waals surface area (Å²) in [6.45, 7) is 10.6. The van der Waals surface area contributed by atoms with Crippen LogP contribution in [0.15, 0.2) is 24.3 Å². The van der Waals surface area contributed by atoms with E-state index in [-0.39, 0.29) is 17.7 Å². The molecule has 1 aromatic rings. The SMILES string of the molecule is CCN1CC(c2cccc(O)c2)OC1C(C)(C)C. The van der Waals surface area contributed by atoms with Crippen molar-refractivity contribution in [3.63, 3.8) is 0 Å². The van der Waals surface area contributed by atoms with Crippen LogP contribution in [0.5, 0.6) is 5.75 Å². The summed E-state index contributed by atoms with van der Waals surface area (Å²) < 4.78 is 6.19. The number of hydrogen-bond donors (Lipinski definition) is 1. The van der Waals surface area contributed by atoms with Crippen molar-refractivity contribution in [1.82, 2.24) is 4.90 Å². The number of ether oxygens (including phenoxy) is 1. The molecule has 1 heterocycles. The second-order valence-corrected chi connectivity index (χ2v) is 6.03. The maximum absolute atomic E-state index is 9.55. The average Bonchev–Trinajstić information content (AvgIpc) is 2.72. The molecular formula is C15H23NO2. The van der Waals surface area contributed by atoms with E-state index < -0.39 is 0 Å². The number of rotatable bonds is 2. The second-order valence-electron chi connectivity index (χ2n) is 6.03. The minimum absolute atomic E-state index is 0.0567. The first-order valence-electron chi connectivity index (χ1n) is 6.60. The monoisotopic (exact) mass is 249 g/mol. The van der Waals surface area contributed by atoms with E-state index >= 15 is 0 Å². The Hall–Kier alpha value is -1.06. The number of likely N-dealkylation sites (N-methyl/N-ethyl adjacent to an activating group) is 1. The van der Waals surface area contributed by atoms with Crippen LogP contribution in [0.3, 0.4) is 0 Å². The summed E-state index contributed by atoms with van der Waals surface area (Å²) in [6, 6.07) is 7.37. The Morgan fingerprint density at radius 1 is 1.39 bits per heavy atom. The van der Waals surface area contributed by atoms with Gasteiger partial charge in [-0.25, -0.2) is 0 Å². The molecule has 0 spiro atoms. The minimum atomic E-state index is 0.0567. The molecule has 0 saturated carbocycles. The molecule has 3 heteroatoms. The van der Waals surface area contributed by atoms with Gasteiger partial charge < -0.3 is 9.84 Å². The number of nitrogens with zero attached hydrogens (tertiary/aromatic N) is 1. The highest BCUT2D eigenvalue weighted by Gasteiger charge is 2.39. The van der Waals surface area contributed by atoms with E-state index in [0.717, 1.165) is 18.7 Å². The van der Waals surface area contributed by atoms with Crippen LogP contribution in [0.2, 0.25) is 0 Å². The highest BCUT2D eigenvalue weighted by molar-refractivity contribution is 5.29. The molecule has 18 heavy (non-hydrogen) atoms. The summed E-state index contributed by atoms with van der Waals surface area (Å²) in [4.78, 5) is 2.36. The first-order valence-corrected chi connectivity index (χ1v) is 6.60. The quantitative estimate of drug-likeness (QED) is 0.874. The Balaban J connectivity index is 2.19. The summed E-state index contributed by atoms with van der Waals surface area (Å²) in [6.07, 6.45) is 0.191. The Morgan fingerprint density at radius 3 is 2.61 bits per heavy atom. The van der Waals surface area contributed by atoms with Gasteiger partial charge in [0.1, 0.15) is 12.0 Å². The van der Waals surface area contributed by atoms with Crippen LogP contribution in [-0.2, 0) is 4.74 Å². The van der Waals surface area contributed by atoms with Crippen molar-refractivity contribution < 1.29 is 9.84 Å². The molecule has 2 atom stereocenters. The predicted molar refractivity (Wildman–Crippen MR) is 72.4 cm³/mol. The molecule has 3 nitrogen and oxygen atoms in total. The molecule has 2 unspecified atom stereocenters. The lowest BCUT2D eigenvalue weighted by Crippen LogP contribution is -2.39. The third-order valence-electron chi connectivity index (χ3n) is 3.41. The van der Waals surface area contributed by atoms with Gasteiger partial charge in [-0.3, -0.25) is 4.90 Å². The van der Waals surface area contributed by atoms with Crippen LogP contribution in [0.4, 0.5) is 0 Å². The Labute approximate surface area is 109 Å². The molecule has 1 N–H and O–H groups in total. The standard InChI is InChI=1S/C15H23NO2/c1-5-16-10-13(18-14(16)15(2,3)4)11-7-6-8-12(17)9-11/h6-9,13-14,17H,5,10H2,1-4H3. The van der Waals surface area contributed by atoms with Crippen molar-refractivity contribution in [3.8, 4) is 5.75 Å². The molecule has 2 rings (SSSR count). The smallest absolute Gasteiger partial charge is 0.116 e. The van der Waals surface area contributed by atoms with E-state index in [1.807, 2.05) is 12.1 Å². The van der Waals surface area contributed by atoms with Crippen LogP contribution in [0.25, 0.3) is 0 Å². The Morgan fingerprint density at radius 2 is 2.11 bits per heavy atom. The normalized spacial score (nSPS) is 25.6. The molecule has 0 radical (unpaired) electrons. The molecule has 1 aliphatic heterocycles. The van der Waals surface area contributed by atoms with Crippen LogP contribution in [-0.4, -0.2) is 29.3 Å². The van der Waals surface area contributed by atoms with Gasteiger partial charge in [-0.2, -0.15) is 0 Å². The van der Waals surface area contributed by atoms with E-state index in [0.29, 0.717) is 5.75 Å². The molecule has 1 fully saturated rings. The van der Waals surface area contributed by atoms with Gasteiger partial charge in [0.15, 0.2) is 0 Å². The van der Waals surface area contributed by atoms with Crippen molar-refractivity contribution >= 4 is 0 Å². The minimum Gasteiger partial charge on any atom is -0.508 e. The van der Waals surface area contributed by atoms with Gasteiger partial charge in [0, 0.05) is 12.0 Å². The van der Waals surface area contributed by atoms with Gasteiger partial charge in [0.05, 0.1) is 6.10 Å². The summed E-state index contributed by atoms with van der Waals surface area (Å²) in [7, 11) is 0. The first-order chi connectivity index (χ1) is 8.41. The van der Waals surface area contributed by atoms with Crippen LogP contribution < -0.4 is 0 Å². The van der Waals surface area contributed by atoms with Crippen molar-refractivity contribution in [3.05, 3.63) is 29.8 Å². The highest BCUT2D eigenvalue weighted by atomic mass is 16.5. The van der Waals surface area contributed by atoms with Crippen LogP contribution >= 0.6 is 0 Å². The first kappa shape index (κ1) is 13.4. The number of phenols is 1.